The van der Waals surface area contributed by atoms with Crippen LogP contribution >= 0.6 is 0 Å². The Hall–Kier alpha value is -3.67. The van der Waals surface area contributed by atoms with Crippen LogP contribution in [-0.4, -0.2) is 29.8 Å². The van der Waals surface area contributed by atoms with E-state index in [9.17, 15) is 14.4 Å². The number of carbonyl (C=O) groups is 3. The minimum atomic E-state index is -0.546. The van der Waals surface area contributed by atoms with Gasteiger partial charge in [-0.15, -0.1) is 0 Å². The van der Waals surface area contributed by atoms with Gasteiger partial charge in [-0.3, -0.25) is 14.9 Å². The van der Waals surface area contributed by atoms with Crippen molar-refractivity contribution in [1.29, 1.82) is 0 Å². The van der Waals surface area contributed by atoms with Gasteiger partial charge >= 0.3 is 6.09 Å². The van der Waals surface area contributed by atoms with Crippen LogP contribution in [0.2, 0.25) is 0 Å². The number of amides is 1. The van der Waals surface area contributed by atoms with Gasteiger partial charge < -0.3 is 10.1 Å². The van der Waals surface area contributed by atoms with Gasteiger partial charge in [-0.1, -0.05) is 42.5 Å². The number of benzene rings is 2. The summed E-state index contributed by atoms with van der Waals surface area (Å²) in [5, 5.41) is 5.84. The van der Waals surface area contributed by atoms with Crippen molar-refractivity contribution in [2.24, 2.45) is 0 Å². The van der Waals surface area contributed by atoms with Gasteiger partial charge in [-0.05, 0) is 42.5 Å². The van der Waals surface area contributed by atoms with Gasteiger partial charge in [0.2, 0.25) is 0 Å². The number of para-hydroxylation sites is 2. The first-order chi connectivity index (χ1) is 14.1. The lowest BCUT2D eigenvalue weighted by molar-refractivity contribution is -0.115. The normalized spacial score (nSPS) is 19.4. The molecule has 0 fully saturated rings. The van der Waals surface area contributed by atoms with Crippen molar-refractivity contribution in [3.05, 3.63) is 85.0 Å². The Balaban J connectivity index is 0.000000169. The SMILES string of the molecule is O=C1C=CC(Nc2ccccc2)C1.O=C1C=CC(OC(=O)Nc2ccccc2)C1. The smallest absolute Gasteiger partial charge is 0.412 e. The summed E-state index contributed by atoms with van der Waals surface area (Å²) in [7, 11) is 0. The molecule has 2 aliphatic rings. The third-order valence-electron chi connectivity index (χ3n) is 4.24. The summed E-state index contributed by atoms with van der Waals surface area (Å²) in [6.45, 7) is 0. The molecule has 2 aliphatic carbocycles. The molecule has 0 aromatic heterocycles. The van der Waals surface area contributed by atoms with E-state index in [1.165, 1.54) is 6.08 Å². The molecule has 0 saturated heterocycles. The Kier molecular flexibility index (Phi) is 6.95. The molecule has 0 heterocycles. The Morgan fingerprint density at radius 2 is 1.38 bits per heavy atom. The van der Waals surface area contributed by atoms with Crippen molar-refractivity contribution in [3.63, 3.8) is 0 Å². The van der Waals surface area contributed by atoms with Gasteiger partial charge in [0, 0.05) is 17.8 Å². The Bertz CT molecular complexity index is 907. The van der Waals surface area contributed by atoms with Crippen molar-refractivity contribution in [2.75, 3.05) is 10.6 Å². The zero-order valence-electron chi connectivity index (χ0n) is 15.8. The van der Waals surface area contributed by atoms with Crippen molar-refractivity contribution < 1.29 is 19.1 Å². The van der Waals surface area contributed by atoms with Gasteiger partial charge in [0.15, 0.2) is 11.6 Å². The van der Waals surface area contributed by atoms with E-state index in [0.717, 1.165) is 5.69 Å². The van der Waals surface area contributed by atoms with Crippen LogP contribution in [0.4, 0.5) is 16.2 Å². The van der Waals surface area contributed by atoms with E-state index >= 15 is 0 Å². The zero-order chi connectivity index (χ0) is 20.5. The van der Waals surface area contributed by atoms with Gasteiger partial charge in [-0.2, -0.15) is 0 Å². The number of hydrogen-bond donors (Lipinski definition) is 2. The average molecular weight is 390 g/mol. The minimum Gasteiger partial charge on any atom is -0.441 e. The van der Waals surface area contributed by atoms with Crippen LogP contribution in [0.5, 0.6) is 0 Å². The van der Waals surface area contributed by atoms with Gasteiger partial charge in [-0.25, -0.2) is 4.79 Å². The van der Waals surface area contributed by atoms with E-state index in [-0.39, 0.29) is 24.0 Å². The van der Waals surface area contributed by atoms with Crippen LogP contribution in [0.3, 0.4) is 0 Å². The lowest BCUT2D eigenvalue weighted by atomic mass is 10.2. The molecule has 4 rings (SSSR count). The molecule has 0 radical (unpaired) electrons. The number of allylic oxidation sites excluding steroid dienone is 2. The predicted molar refractivity (Wildman–Crippen MR) is 112 cm³/mol. The fourth-order valence-corrected chi connectivity index (χ4v) is 2.86. The summed E-state index contributed by atoms with van der Waals surface area (Å²) in [5.41, 5.74) is 1.73. The Labute approximate surface area is 169 Å². The van der Waals surface area contributed by atoms with Crippen LogP contribution in [0.15, 0.2) is 85.0 Å². The van der Waals surface area contributed by atoms with Crippen LogP contribution in [0.25, 0.3) is 0 Å². The maximum atomic E-state index is 11.4. The van der Waals surface area contributed by atoms with E-state index < -0.39 is 12.2 Å². The van der Waals surface area contributed by atoms with Crippen LogP contribution < -0.4 is 10.6 Å². The predicted octanol–water partition coefficient (Wildman–Crippen LogP) is 4.13. The third kappa shape index (κ3) is 6.77. The van der Waals surface area contributed by atoms with E-state index in [1.54, 1.807) is 24.3 Å². The molecule has 0 saturated carbocycles. The van der Waals surface area contributed by atoms with Gasteiger partial charge in [0.1, 0.15) is 6.10 Å². The second-order valence-corrected chi connectivity index (χ2v) is 6.61. The van der Waals surface area contributed by atoms with E-state index in [1.807, 2.05) is 54.6 Å². The van der Waals surface area contributed by atoms with E-state index in [2.05, 4.69) is 10.6 Å². The standard InChI is InChI=1S/C12H11NO3.C11H11NO/c14-10-6-7-11(8-10)16-12(15)13-9-4-2-1-3-5-9;13-11-7-6-10(8-11)12-9-4-2-1-3-5-9/h1-7,11H,8H2,(H,13,15);1-7,10,12H,8H2. The summed E-state index contributed by atoms with van der Waals surface area (Å²) in [4.78, 5) is 33.2. The first-order valence-electron chi connectivity index (χ1n) is 9.35. The molecule has 6 nitrogen and oxygen atoms in total. The highest BCUT2D eigenvalue weighted by atomic mass is 16.6. The molecule has 2 unspecified atom stereocenters. The Morgan fingerprint density at radius 3 is 1.93 bits per heavy atom. The second-order valence-electron chi connectivity index (χ2n) is 6.61. The third-order valence-corrected chi connectivity index (χ3v) is 4.24. The van der Waals surface area contributed by atoms with Crippen molar-refractivity contribution in [1.82, 2.24) is 0 Å². The van der Waals surface area contributed by atoms with Crippen molar-refractivity contribution in [2.45, 2.75) is 25.0 Å². The van der Waals surface area contributed by atoms with E-state index in [4.69, 9.17) is 4.74 Å². The number of ether oxygens (including phenoxy) is 1. The molecular formula is C23H22N2O4. The topological polar surface area (TPSA) is 84.5 Å². The molecule has 2 aromatic carbocycles. The number of anilines is 2. The molecule has 2 aromatic rings. The maximum Gasteiger partial charge on any atom is 0.412 e. The highest BCUT2D eigenvalue weighted by Crippen LogP contribution is 2.14. The number of rotatable bonds is 4. The van der Waals surface area contributed by atoms with Crippen molar-refractivity contribution >= 4 is 29.0 Å². The van der Waals surface area contributed by atoms with Gasteiger partial charge in [0.25, 0.3) is 0 Å². The Morgan fingerprint density at radius 1 is 0.793 bits per heavy atom. The molecule has 29 heavy (non-hydrogen) atoms. The maximum absolute atomic E-state index is 11.4. The van der Waals surface area contributed by atoms with E-state index in [0.29, 0.717) is 12.1 Å². The summed E-state index contributed by atoms with van der Waals surface area (Å²) in [6.07, 6.45) is 6.41. The number of ketones is 2. The molecule has 0 aliphatic heterocycles. The second kappa shape index (κ2) is 10.0. The average Bonchev–Trinajstić information content (AvgIpc) is 3.31. The lowest BCUT2D eigenvalue weighted by Gasteiger charge is -2.10. The fourth-order valence-electron chi connectivity index (χ4n) is 2.86. The molecule has 0 bridgehead atoms. The minimum absolute atomic E-state index is 0.0162. The summed E-state index contributed by atoms with van der Waals surface area (Å²) in [6, 6.07) is 19.1. The molecule has 148 valence electrons. The molecule has 0 spiro atoms. The fraction of sp³-hybridized carbons (Fsp3) is 0.174. The number of carbonyl (C=O) groups excluding carboxylic acids is 3. The summed E-state index contributed by atoms with van der Waals surface area (Å²) >= 11 is 0. The summed E-state index contributed by atoms with van der Waals surface area (Å²) in [5.74, 6) is 0.186. The van der Waals surface area contributed by atoms with Crippen LogP contribution in [0, 0.1) is 0 Å². The molecular weight excluding hydrogens is 368 g/mol. The van der Waals surface area contributed by atoms with Crippen LogP contribution in [-0.2, 0) is 14.3 Å². The zero-order valence-corrected chi connectivity index (χ0v) is 15.8. The van der Waals surface area contributed by atoms with Gasteiger partial charge in [0.05, 0.1) is 12.5 Å². The highest BCUT2D eigenvalue weighted by molar-refractivity contribution is 5.94. The van der Waals surface area contributed by atoms with Crippen LogP contribution in [0.1, 0.15) is 12.8 Å². The quantitative estimate of drug-likeness (QED) is 0.820. The monoisotopic (exact) mass is 390 g/mol. The largest absolute Gasteiger partial charge is 0.441 e. The first kappa shape index (κ1) is 20.1. The molecule has 1 amide bonds. The van der Waals surface area contributed by atoms with Crippen molar-refractivity contribution in [3.8, 4) is 0 Å². The highest BCUT2D eigenvalue weighted by Gasteiger charge is 2.19. The first-order valence-corrected chi connectivity index (χ1v) is 9.35. The molecule has 2 atom stereocenters. The summed E-state index contributed by atoms with van der Waals surface area (Å²) < 4.78 is 5.03. The number of hydrogen-bond acceptors (Lipinski definition) is 5. The lowest BCUT2D eigenvalue weighted by Crippen LogP contribution is -2.20. The number of nitrogens with one attached hydrogen (secondary N) is 2. The molecule has 2 N–H and O–H groups in total. The molecule has 6 heteroatoms.